The largest absolute Gasteiger partial charge is 0.507 e. The average Bonchev–Trinajstić information content (AvgIpc) is 2.61. The fraction of sp³-hybridized carbons (Fsp3) is 0.333. The van der Waals surface area contributed by atoms with E-state index < -0.39 is 0 Å². The number of phenols is 1. The van der Waals surface area contributed by atoms with Crippen LogP contribution in [0.15, 0.2) is 18.2 Å². The van der Waals surface area contributed by atoms with Gasteiger partial charge < -0.3 is 15.7 Å². The highest BCUT2D eigenvalue weighted by molar-refractivity contribution is 5.70. The SMILES string of the molecule is CN1CCc2c1ccc(/C=C/CN)c2O. The lowest BCUT2D eigenvalue weighted by molar-refractivity contribution is 0.469. The van der Waals surface area contributed by atoms with Crippen LogP contribution in [0.1, 0.15) is 11.1 Å². The third-order valence-corrected chi connectivity index (χ3v) is 2.83. The summed E-state index contributed by atoms with van der Waals surface area (Å²) >= 11 is 0. The summed E-state index contributed by atoms with van der Waals surface area (Å²) in [6.07, 6.45) is 4.63. The predicted octanol–water partition coefficient (Wildman–Crippen LogP) is 1.36. The molecule has 3 heteroatoms. The van der Waals surface area contributed by atoms with Crippen LogP contribution in [0.3, 0.4) is 0 Å². The molecule has 2 rings (SSSR count). The first-order valence-electron chi connectivity index (χ1n) is 5.16. The lowest BCUT2D eigenvalue weighted by atomic mass is 10.1. The van der Waals surface area contributed by atoms with E-state index in [9.17, 15) is 5.11 Å². The minimum absolute atomic E-state index is 0.404. The maximum atomic E-state index is 10.0. The van der Waals surface area contributed by atoms with Crippen molar-refractivity contribution in [3.05, 3.63) is 29.3 Å². The van der Waals surface area contributed by atoms with E-state index >= 15 is 0 Å². The number of hydrogen-bond donors (Lipinski definition) is 2. The molecule has 0 bridgehead atoms. The van der Waals surface area contributed by atoms with E-state index in [0.717, 1.165) is 29.8 Å². The van der Waals surface area contributed by atoms with Gasteiger partial charge in [-0.05, 0) is 18.6 Å². The van der Waals surface area contributed by atoms with Gasteiger partial charge in [-0.3, -0.25) is 0 Å². The summed E-state index contributed by atoms with van der Waals surface area (Å²) in [5.41, 5.74) is 8.43. The maximum absolute atomic E-state index is 10.0. The number of nitrogens with zero attached hydrogens (tertiary/aromatic N) is 1. The normalized spacial score (nSPS) is 14.9. The first kappa shape index (κ1) is 10.1. The van der Waals surface area contributed by atoms with Crippen LogP contribution >= 0.6 is 0 Å². The quantitative estimate of drug-likeness (QED) is 0.764. The van der Waals surface area contributed by atoms with E-state index in [1.807, 2.05) is 25.3 Å². The predicted molar refractivity (Wildman–Crippen MR) is 63.2 cm³/mol. The Balaban J connectivity index is 2.42. The molecule has 0 radical (unpaired) electrons. The standard InChI is InChI=1S/C12H16N2O/c1-14-8-6-10-11(14)5-4-9(12(10)15)3-2-7-13/h2-5,15H,6-8,13H2,1H3/b3-2+. The fourth-order valence-corrected chi connectivity index (χ4v) is 1.98. The summed E-state index contributed by atoms with van der Waals surface area (Å²) in [6.45, 7) is 1.48. The van der Waals surface area contributed by atoms with Crippen molar-refractivity contribution in [3.63, 3.8) is 0 Å². The lowest BCUT2D eigenvalue weighted by Crippen LogP contribution is -2.12. The summed E-state index contributed by atoms with van der Waals surface area (Å²) < 4.78 is 0. The lowest BCUT2D eigenvalue weighted by Gasteiger charge is -2.12. The van der Waals surface area contributed by atoms with Crippen molar-refractivity contribution in [1.82, 2.24) is 0 Å². The van der Waals surface area contributed by atoms with Crippen LogP contribution < -0.4 is 10.6 Å². The number of phenolic OH excluding ortho intramolecular Hbond substituents is 1. The highest BCUT2D eigenvalue weighted by atomic mass is 16.3. The minimum Gasteiger partial charge on any atom is -0.507 e. The molecule has 1 aliphatic rings. The van der Waals surface area contributed by atoms with Gasteiger partial charge in [-0.15, -0.1) is 0 Å². The Kier molecular flexibility index (Phi) is 2.64. The zero-order chi connectivity index (χ0) is 10.8. The Morgan fingerprint density at radius 2 is 2.33 bits per heavy atom. The van der Waals surface area contributed by atoms with Crippen molar-refractivity contribution in [2.24, 2.45) is 5.73 Å². The Morgan fingerprint density at radius 3 is 3.07 bits per heavy atom. The molecule has 80 valence electrons. The smallest absolute Gasteiger partial charge is 0.128 e. The Morgan fingerprint density at radius 1 is 1.53 bits per heavy atom. The summed E-state index contributed by atoms with van der Waals surface area (Å²) in [5.74, 6) is 0.404. The van der Waals surface area contributed by atoms with Crippen LogP contribution in [0.2, 0.25) is 0 Å². The molecular weight excluding hydrogens is 188 g/mol. The van der Waals surface area contributed by atoms with Crippen molar-refractivity contribution in [3.8, 4) is 5.75 Å². The van der Waals surface area contributed by atoms with E-state index in [2.05, 4.69) is 11.0 Å². The molecule has 0 saturated heterocycles. The second kappa shape index (κ2) is 3.95. The molecular formula is C12H16N2O. The number of benzene rings is 1. The van der Waals surface area contributed by atoms with Crippen molar-refractivity contribution in [2.45, 2.75) is 6.42 Å². The molecule has 0 aliphatic carbocycles. The molecule has 1 aromatic rings. The highest BCUT2D eigenvalue weighted by Crippen LogP contribution is 2.36. The monoisotopic (exact) mass is 204 g/mol. The van der Waals surface area contributed by atoms with Gasteiger partial charge in [0.05, 0.1) is 0 Å². The van der Waals surface area contributed by atoms with E-state index in [4.69, 9.17) is 5.73 Å². The van der Waals surface area contributed by atoms with Gasteiger partial charge in [-0.2, -0.15) is 0 Å². The number of hydrogen-bond acceptors (Lipinski definition) is 3. The zero-order valence-electron chi connectivity index (χ0n) is 8.90. The van der Waals surface area contributed by atoms with E-state index in [-0.39, 0.29) is 0 Å². The van der Waals surface area contributed by atoms with E-state index in [1.165, 1.54) is 0 Å². The molecule has 0 unspecified atom stereocenters. The Hall–Kier alpha value is -1.48. The first-order valence-corrected chi connectivity index (χ1v) is 5.16. The van der Waals surface area contributed by atoms with Crippen molar-refractivity contribution >= 4 is 11.8 Å². The number of likely N-dealkylation sites (N-methyl/N-ethyl adjacent to an activating group) is 1. The van der Waals surface area contributed by atoms with Gasteiger partial charge >= 0.3 is 0 Å². The van der Waals surface area contributed by atoms with Gasteiger partial charge in [0.15, 0.2) is 0 Å². The van der Waals surface area contributed by atoms with E-state index in [1.54, 1.807) is 0 Å². The van der Waals surface area contributed by atoms with Gasteiger partial charge in [0, 0.05) is 37.0 Å². The second-order valence-corrected chi connectivity index (χ2v) is 3.81. The highest BCUT2D eigenvalue weighted by Gasteiger charge is 2.19. The molecule has 15 heavy (non-hydrogen) atoms. The van der Waals surface area contributed by atoms with Gasteiger partial charge in [-0.25, -0.2) is 0 Å². The van der Waals surface area contributed by atoms with Crippen LogP contribution in [-0.2, 0) is 6.42 Å². The van der Waals surface area contributed by atoms with Crippen molar-refractivity contribution < 1.29 is 5.11 Å². The minimum atomic E-state index is 0.404. The van der Waals surface area contributed by atoms with Crippen molar-refractivity contribution in [1.29, 1.82) is 0 Å². The van der Waals surface area contributed by atoms with Gasteiger partial charge in [-0.1, -0.05) is 12.2 Å². The van der Waals surface area contributed by atoms with Crippen LogP contribution in [0.4, 0.5) is 5.69 Å². The number of nitrogens with two attached hydrogens (primary N) is 1. The number of fused-ring (bicyclic) bond motifs is 1. The van der Waals surface area contributed by atoms with Gasteiger partial charge in [0.25, 0.3) is 0 Å². The molecule has 1 heterocycles. The average molecular weight is 204 g/mol. The van der Waals surface area contributed by atoms with Crippen LogP contribution in [0, 0.1) is 0 Å². The maximum Gasteiger partial charge on any atom is 0.128 e. The molecule has 1 aromatic carbocycles. The van der Waals surface area contributed by atoms with Crippen LogP contribution in [-0.4, -0.2) is 25.2 Å². The first-order chi connectivity index (χ1) is 7.24. The molecule has 0 saturated carbocycles. The zero-order valence-corrected chi connectivity index (χ0v) is 8.90. The molecule has 1 aliphatic heterocycles. The Labute approximate surface area is 89.8 Å². The van der Waals surface area contributed by atoms with Gasteiger partial charge in [0.2, 0.25) is 0 Å². The van der Waals surface area contributed by atoms with E-state index in [0.29, 0.717) is 12.3 Å². The number of aromatic hydroxyl groups is 1. The summed E-state index contributed by atoms with van der Waals surface area (Å²) in [4.78, 5) is 2.16. The topological polar surface area (TPSA) is 49.5 Å². The van der Waals surface area contributed by atoms with Crippen LogP contribution in [0.25, 0.3) is 6.08 Å². The fourth-order valence-electron chi connectivity index (χ4n) is 1.98. The molecule has 0 aromatic heterocycles. The summed E-state index contributed by atoms with van der Waals surface area (Å²) in [7, 11) is 2.04. The summed E-state index contributed by atoms with van der Waals surface area (Å²) in [5, 5.41) is 10.0. The second-order valence-electron chi connectivity index (χ2n) is 3.81. The number of rotatable bonds is 2. The molecule has 0 fully saturated rings. The molecule has 3 nitrogen and oxygen atoms in total. The molecule has 0 amide bonds. The van der Waals surface area contributed by atoms with Gasteiger partial charge in [0.1, 0.15) is 5.75 Å². The molecule has 0 spiro atoms. The number of anilines is 1. The molecule has 0 atom stereocenters. The summed E-state index contributed by atoms with van der Waals surface area (Å²) in [6, 6.07) is 3.99. The third-order valence-electron chi connectivity index (χ3n) is 2.83. The molecule has 3 N–H and O–H groups in total. The third kappa shape index (κ3) is 1.70. The Bertz CT molecular complexity index is 399. The van der Waals surface area contributed by atoms with Crippen LogP contribution in [0.5, 0.6) is 5.75 Å². The van der Waals surface area contributed by atoms with Crippen molar-refractivity contribution in [2.75, 3.05) is 25.0 Å².